The fourth-order valence-electron chi connectivity index (χ4n) is 3.70. The third-order valence-electron chi connectivity index (χ3n) is 5.19. The van der Waals surface area contributed by atoms with Gasteiger partial charge in [-0.05, 0) is 69.2 Å². The van der Waals surface area contributed by atoms with Gasteiger partial charge < -0.3 is 5.11 Å². The molecule has 8 nitrogen and oxygen atoms in total. The van der Waals surface area contributed by atoms with Crippen LogP contribution in [0.4, 0.5) is 5.69 Å². The second-order valence-corrected chi connectivity index (χ2v) is 11.0. The summed E-state index contributed by atoms with van der Waals surface area (Å²) in [7, 11) is -7.73. The van der Waals surface area contributed by atoms with Crippen molar-refractivity contribution in [2.24, 2.45) is 0 Å². The second-order valence-electron chi connectivity index (χ2n) is 7.43. The highest BCUT2D eigenvalue weighted by Gasteiger charge is 2.35. The van der Waals surface area contributed by atoms with Crippen molar-refractivity contribution in [2.45, 2.75) is 55.0 Å². The van der Waals surface area contributed by atoms with Crippen LogP contribution in [0.25, 0.3) is 0 Å². The summed E-state index contributed by atoms with van der Waals surface area (Å²) in [4.78, 5) is 11.0. The van der Waals surface area contributed by atoms with Gasteiger partial charge in [-0.3, -0.25) is 4.72 Å². The van der Waals surface area contributed by atoms with E-state index >= 15 is 0 Å². The molecule has 0 aliphatic carbocycles. The molecule has 0 spiro atoms. The molecule has 0 aromatic heterocycles. The first-order chi connectivity index (χ1) is 14.0. The van der Waals surface area contributed by atoms with Crippen LogP contribution < -0.4 is 4.72 Å². The minimum Gasteiger partial charge on any atom is -0.478 e. The summed E-state index contributed by atoms with van der Waals surface area (Å²) in [5.41, 5.74) is 0.0264. The van der Waals surface area contributed by atoms with Crippen molar-refractivity contribution in [3.05, 3.63) is 54.1 Å². The number of carboxylic acids is 1. The van der Waals surface area contributed by atoms with Gasteiger partial charge in [-0.25, -0.2) is 21.6 Å². The van der Waals surface area contributed by atoms with E-state index in [2.05, 4.69) is 4.72 Å². The van der Waals surface area contributed by atoms with Crippen LogP contribution in [0.3, 0.4) is 0 Å². The first-order valence-corrected chi connectivity index (χ1v) is 12.4. The van der Waals surface area contributed by atoms with Gasteiger partial charge in [-0.2, -0.15) is 4.31 Å². The molecule has 1 aliphatic rings. The van der Waals surface area contributed by atoms with Crippen molar-refractivity contribution >= 4 is 31.7 Å². The number of hydrogen-bond donors (Lipinski definition) is 2. The summed E-state index contributed by atoms with van der Waals surface area (Å²) >= 11 is 0. The standard InChI is InChI=1S/C20H24N2O6S2/c1-14-5-3-6-15(2)22(14)30(27,28)18-11-9-17(10-12-18)21-29(25,26)19-8-4-7-16(13-19)20(23)24/h4,7-15,21H,3,5-6H2,1-2H3,(H,23,24)/t14-,15-/m0/s1. The molecule has 0 unspecified atom stereocenters. The largest absolute Gasteiger partial charge is 0.478 e. The molecule has 162 valence electrons. The summed E-state index contributed by atoms with van der Waals surface area (Å²) in [6, 6.07) is 10.3. The quantitative estimate of drug-likeness (QED) is 0.695. The average Bonchev–Trinajstić information content (AvgIpc) is 2.68. The predicted molar refractivity (Wildman–Crippen MR) is 112 cm³/mol. The predicted octanol–water partition coefficient (Wildman–Crippen LogP) is 3.14. The van der Waals surface area contributed by atoms with E-state index < -0.39 is 26.0 Å². The fraction of sp³-hybridized carbons (Fsp3) is 0.350. The molecule has 2 aromatic rings. The molecule has 3 rings (SSSR count). The third kappa shape index (κ3) is 4.50. The number of aromatic carboxylic acids is 1. The van der Waals surface area contributed by atoms with E-state index in [1.807, 2.05) is 13.8 Å². The van der Waals surface area contributed by atoms with E-state index in [0.717, 1.165) is 25.3 Å². The zero-order valence-electron chi connectivity index (χ0n) is 16.6. The Balaban J connectivity index is 1.83. The third-order valence-corrected chi connectivity index (χ3v) is 8.71. The molecule has 1 saturated heterocycles. The molecular weight excluding hydrogens is 428 g/mol. The number of nitrogens with one attached hydrogen (secondary N) is 1. The molecule has 30 heavy (non-hydrogen) atoms. The van der Waals surface area contributed by atoms with Crippen molar-refractivity contribution < 1.29 is 26.7 Å². The highest BCUT2D eigenvalue weighted by molar-refractivity contribution is 7.92. The number of carbonyl (C=O) groups is 1. The summed E-state index contributed by atoms with van der Waals surface area (Å²) < 4.78 is 55.1. The van der Waals surface area contributed by atoms with E-state index in [4.69, 9.17) is 5.11 Å². The molecule has 2 aromatic carbocycles. The van der Waals surface area contributed by atoms with Crippen LogP contribution in [-0.4, -0.2) is 44.3 Å². The average molecular weight is 453 g/mol. The maximum atomic E-state index is 13.1. The monoisotopic (exact) mass is 452 g/mol. The zero-order chi connectivity index (χ0) is 22.1. The van der Waals surface area contributed by atoms with Gasteiger partial charge in [0.15, 0.2) is 0 Å². The van der Waals surface area contributed by atoms with Crippen LogP contribution in [0.5, 0.6) is 0 Å². The first kappa shape index (κ1) is 22.3. The minimum atomic E-state index is -4.03. The van der Waals surface area contributed by atoms with Crippen molar-refractivity contribution in [1.82, 2.24) is 4.31 Å². The molecule has 0 saturated carbocycles. The van der Waals surface area contributed by atoms with E-state index in [1.165, 1.54) is 46.8 Å². The Labute approximate surface area is 176 Å². The van der Waals surface area contributed by atoms with Crippen LogP contribution >= 0.6 is 0 Å². The lowest BCUT2D eigenvalue weighted by Gasteiger charge is -2.37. The highest BCUT2D eigenvalue weighted by atomic mass is 32.2. The number of benzene rings is 2. The van der Waals surface area contributed by atoms with Gasteiger partial charge in [0, 0.05) is 17.8 Å². The number of piperidine rings is 1. The van der Waals surface area contributed by atoms with Crippen LogP contribution in [0.2, 0.25) is 0 Å². The van der Waals surface area contributed by atoms with Crippen molar-refractivity contribution in [3.8, 4) is 0 Å². The highest BCUT2D eigenvalue weighted by Crippen LogP contribution is 2.30. The Bertz CT molecular complexity index is 1130. The summed E-state index contributed by atoms with van der Waals surface area (Å²) in [5.74, 6) is -1.23. The second kappa shape index (κ2) is 8.37. The molecule has 1 fully saturated rings. The van der Waals surface area contributed by atoms with Gasteiger partial charge in [0.1, 0.15) is 0 Å². The summed E-state index contributed by atoms with van der Waals surface area (Å²) in [5, 5.41) is 9.04. The molecule has 2 N–H and O–H groups in total. The molecule has 0 radical (unpaired) electrons. The van der Waals surface area contributed by atoms with Crippen molar-refractivity contribution in [3.63, 3.8) is 0 Å². The number of rotatable bonds is 6. The van der Waals surface area contributed by atoms with Crippen molar-refractivity contribution in [2.75, 3.05) is 4.72 Å². The Morgan fingerprint density at radius 1 is 0.967 bits per heavy atom. The Kier molecular flexibility index (Phi) is 6.21. The topological polar surface area (TPSA) is 121 Å². The molecular formula is C20H24N2O6S2. The molecule has 1 heterocycles. The Morgan fingerprint density at radius 3 is 2.13 bits per heavy atom. The molecule has 10 heteroatoms. The summed E-state index contributed by atoms with van der Waals surface area (Å²) in [6.07, 6.45) is 2.59. The Hall–Kier alpha value is -2.43. The number of sulfonamides is 2. The molecule has 1 aliphatic heterocycles. The lowest BCUT2D eigenvalue weighted by Crippen LogP contribution is -2.47. The number of hydrogen-bond acceptors (Lipinski definition) is 5. The zero-order valence-corrected chi connectivity index (χ0v) is 18.3. The van der Waals surface area contributed by atoms with Gasteiger partial charge >= 0.3 is 5.97 Å². The molecule has 2 atom stereocenters. The maximum Gasteiger partial charge on any atom is 0.335 e. The number of nitrogens with zero attached hydrogens (tertiary/aromatic N) is 1. The van der Waals surface area contributed by atoms with E-state index in [9.17, 15) is 21.6 Å². The van der Waals surface area contributed by atoms with Crippen LogP contribution in [0.1, 0.15) is 43.5 Å². The molecule has 0 bridgehead atoms. The minimum absolute atomic E-state index is 0.0962. The smallest absolute Gasteiger partial charge is 0.335 e. The van der Waals surface area contributed by atoms with Gasteiger partial charge in [0.25, 0.3) is 10.0 Å². The normalized spacial score (nSPS) is 20.6. The van der Waals surface area contributed by atoms with E-state index in [1.54, 1.807) is 0 Å². The maximum absolute atomic E-state index is 13.1. The SMILES string of the molecule is C[C@H]1CCC[C@H](C)N1S(=O)(=O)c1ccc(NS(=O)(=O)c2cccc(C(=O)O)c2)cc1. The van der Waals surface area contributed by atoms with E-state index in [-0.39, 0.29) is 33.1 Å². The van der Waals surface area contributed by atoms with Gasteiger partial charge in [0.05, 0.1) is 15.4 Å². The van der Waals surface area contributed by atoms with Gasteiger partial charge in [0.2, 0.25) is 10.0 Å². The van der Waals surface area contributed by atoms with Crippen LogP contribution in [0, 0.1) is 0 Å². The van der Waals surface area contributed by atoms with Crippen LogP contribution in [0.15, 0.2) is 58.3 Å². The van der Waals surface area contributed by atoms with Crippen molar-refractivity contribution in [1.29, 1.82) is 0 Å². The fourth-order valence-corrected chi connectivity index (χ4v) is 6.68. The Morgan fingerprint density at radius 2 is 1.57 bits per heavy atom. The number of anilines is 1. The lowest BCUT2D eigenvalue weighted by atomic mass is 10.0. The molecule has 0 amide bonds. The lowest BCUT2D eigenvalue weighted by molar-refractivity contribution is 0.0696. The first-order valence-electron chi connectivity index (χ1n) is 9.52. The summed E-state index contributed by atoms with van der Waals surface area (Å²) in [6.45, 7) is 3.78. The van der Waals surface area contributed by atoms with Crippen LogP contribution in [-0.2, 0) is 20.0 Å². The van der Waals surface area contributed by atoms with Gasteiger partial charge in [-0.1, -0.05) is 12.5 Å². The van der Waals surface area contributed by atoms with E-state index in [0.29, 0.717) is 0 Å². The van der Waals surface area contributed by atoms with Gasteiger partial charge in [-0.15, -0.1) is 0 Å². The number of carboxylic acid groups (broad SMARTS) is 1.